The van der Waals surface area contributed by atoms with Gasteiger partial charge in [-0.25, -0.2) is 8.42 Å². The Balaban J connectivity index is 1.48. The van der Waals surface area contributed by atoms with Gasteiger partial charge >= 0.3 is 0 Å². The van der Waals surface area contributed by atoms with Gasteiger partial charge in [-0.2, -0.15) is 9.40 Å². The highest BCUT2D eigenvalue weighted by atomic mass is 35.5. The maximum absolute atomic E-state index is 13.5. The normalized spacial score (nSPS) is 18.6. The number of anilines is 1. The summed E-state index contributed by atoms with van der Waals surface area (Å²) in [7, 11) is -2.26. The molecule has 1 aromatic heterocycles. The van der Waals surface area contributed by atoms with E-state index in [0.29, 0.717) is 44.3 Å². The molecule has 180 valence electrons. The lowest BCUT2D eigenvalue weighted by Crippen LogP contribution is -2.50. The molecule has 33 heavy (non-hydrogen) atoms. The third-order valence-electron chi connectivity index (χ3n) is 6.24. The molecule has 2 aliphatic rings. The van der Waals surface area contributed by atoms with E-state index in [2.05, 4.69) is 21.8 Å². The number of rotatable bonds is 6. The molecule has 2 saturated heterocycles. The van der Waals surface area contributed by atoms with E-state index in [9.17, 15) is 13.2 Å². The van der Waals surface area contributed by atoms with Crippen LogP contribution in [0.5, 0.6) is 0 Å². The van der Waals surface area contributed by atoms with E-state index in [4.69, 9.17) is 11.6 Å². The first kappa shape index (κ1) is 24.0. The third kappa shape index (κ3) is 5.03. The zero-order chi connectivity index (χ0) is 23.6. The molecule has 1 aromatic carbocycles. The van der Waals surface area contributed by atoms with Crippen molar-refractivity contribution >= 4 is 33.2 Å². The monoisotopic (exact) mass is 494 g/mol. The van der Waals surface area contributed by atoms with Gasteiger partial charge in [0.15, 0.2) is 0 Å². The maximum atomic E-state index is 13.5. The summed E-state index contributed by atoms with van der Waals surface area (Å²) >= 11 is 6.31. The highest BCUT2D eigenvalue weighted by molar-refractivity contribution is 7.89. The van der Waals surface area contributed by atoms with E-state index in [1.165, 1.54) is 15.2 Å². The second-order valence-corrected chi connectivity index (χ2v) is 10.8. The Kier molecular flexibility index (Phi) is 7.28. The number of para-hydroxylation sites is 1. The predicted octanol–water partition coefficient (Wildman–Crippen LogP) is 1.75. The fourth-order valence-corrected chi connectivity index (χ4v) is 6.26. The molecule has 0 bridgehead atoms. The van der Waals surface area contributed by atoms with Crippen LogP contribution in [0, 0.1) is 0 Å². The first-order valence-electron chi connectivity index (χ1n) is 11.4. The summed E-state index contributed by atoms with van der Waals surface area (Å²) < 4.78 is 29.8. The highest BCUT2D eigenvalue weighted by Gasteiger charge is 2.36. The molecular formula is C22H31ClN6O3S. The summed E-state index contributed by atoms with van der Waals surface area (Å²) in [5, 5.41) is 4.69. The molecule has 4 rings (SSSR count). The van der Waals surface area contributed by atoms with Crippen LogP contribution in [0.2, 0.25) is 5.02 Å². The quantitative estimate of drug-likeness (QED) is 0.608. The number of hydrogen-bond acceptors (Lipinski definition) is 6. The number of hydrogen-bond donors (Lipinski definition) is 0. The Bertz CT molecular complexity index is 1090. The maximum Gasteiger partial charge on any atom is 0.263 e. The number of aromatic nitrogens is 2. The van der Waals surface area contributed by atoms with Gasteiger partial charge in [0.2, 0.25) is 5.03 Å². The van der Waals surface area contributed by atoms with Gasteiger partial charge in [-0.1, -0.05) is 30.7 Å². The summed E-state index contributed by atoms with van der Waals surface area (Å²) in [6, 6.07) is 7.55. The minimum absolute atomic E-state index is 0.148. The van der Waals surface area contributed by atoms with Crippen LogP contribution in [0.4, 0.5) is 5.69 Å². The van der Waals surface area contributed by atoms with Crippen LogP contribution in [-0.4, -0.2) is 97.1 Å². The van der Waals surface area contributed by atoms with E-state index in [-0.39, 0.29) is 16.5 Å². The summed E-state index contributed by atoms with van der Waals surface area (Å²) in [5.41, 5.74) is 1.04. The molecular weight excluding hydrogens is 464 g/mol. The fourth-order valence-electron chi connectivity index (χ4n) is 4.47. The van der Waals surface area contributed by atoms with Crippen LogP contribution < -0.4 is 4.90 Å². The van der Waals surface area contributed by atoms with Crippen LogP contribution in [0.25, 0.3) is 0 Å². The molecule has 2 fully saturated rings. The van der Waals surface area contributed by atoms with Crippen molar-refractivity contribution in [3.05, 3.63) is 41.0 Å². The lowest BCUT2D eigenvalue weighted by atomic mass is 10.2. The molecule has 0 saturated carbocycles. The first-order chi connectivity index (χ1) is 15.8. The Morgan fingerprint density at radius 1 is 1.03 bits per heavy atom. The number of carbonyl (C=O) groups excluding carboxylic acids is 1. The van der Waals surface area contributed by atoms with Crippen LogP contribution in [-0.2, 0) is 17.1 Å². The summed E-state index contributed by atoms with van der Waals surface area (Å²) in [6.07, 6.45) is 2.59. The highest BCUT2D eigenvalue weighted by Crippen LogP contribution is 2.28. The molecule has 0 atom stereocenters. The van der Waals surface area contributed by atoms with Gasteiger partial charge in [-0.3, -0.25) is 14.4 Å². The van der Waals surface area contributed by atoms with Crippen molar-refractivity contribution in [2.45, 2.75) is 18.4 Å². The van der Waals surface area contributed by atoms with Crippen molar-refractivity contribution in [3.63, 3.8) is 0 Å². The molecule has 3 heterocycles. The molecule has 11 heteroatoms. The molecule has 2 aliphatic heterocycles. The number of amides is 1. The second-order valence-electron chi connectivity index (χ2n) is 8.50. The van der Waals surface area contributed by atoms with Crippen molar-refractivity contribution in [1.82, 2.24) is 23.9 Å². The number of halogens is 1. The Morgan fingerprint density at radius 2 is 1.70 bits per heavy atom. The number of aryl methyl sites for hydroxylation is 1. The summed E-state index contributed by atoms with van der Waals surface area (Å²) in [4.78, 5) is 19.4. The zero-order valence-electron chi connectivity index (χ0n) is 19.2. The van der Waals surface area contributed by atoms with Gasteiger partial charge in [-0.05, 0) is 25.1 Å². The molecule has 9 nitrogen and oxygen atoms in total. The van der Waals surface area contributed by atoms with E-state index >= 15 is 0 Å². The van der Waals surface area contributed by atoms with Gasteiger partial charge in [0.25, 0.3) is 15.9 Å². The smallest absolute Gasteiger partial charge is 0.263 e. The SMILES string of the molecule is CCCN1CCN(C(=O)c2cn(C)nc2S(=O)(=O)N2CCN(c3ccccc3Cl)CC2)CC1. The van der Waals surface area contributed by atoms with Gasteiger partial charge in [-0.15, -0.1) is 0 Å². The average Bonchev–Trinajstić information content (AvgIpc) is 3.22. The van der Waals surface area contributed by atoms with Gasteiger partial charge in [0.1, 0.15) is 0 Å². The number of nitrogens with zero attached hydrogens (tertiary/aromatic N) is 6. The van der Waals surface area contributed by atoms with Crippen LogP contribution in [0.15, 0.2) is 35.5 Å². The van der Waals surface area contributed by atoms with Crippen LogP contribution >= 0.6 is 11.6 Å². The summed E-state index contributed by atoms with van der Waals surface area (Å²) in [5.74, 6) is -0.271. The molecule has 0 spiro atoms. The Labute approximate surface area is 200 Å². The first-order valence-corrected chi connectivity index (χ1v) is 13.2. The molecule has 0 aliphatic carbocycles. The van der Waals surface area contributed by atoms with Crippen molar-refractivity contribution in [2.24, 2.45) is 7.05 Å². The third-order valence-corrected chi connectivity index (χ3v) is 8.40. The molecule has 2 aromatic rings. The number of piperazine rings is 2. The van der Waals surface area contributed by atoms with E-state index in [0.717, 1.165) is 31.7 Å². The van der Waals surface area contributed by atoms with E-state index in [1.54, 1.807) is 11.9 Å². The Hall–Kier alpha value is -2.14. The van der Waals surface area contributed by atoms with Crippen molar-refractivity contribution in [1.29, 1.82) is 0 Å². The minimum atomic E-state index is -3.91. The number of benzene rings is 1. The van der Waals surface area contributed by atoms with Gasteiger partial charge in [0.05, 0.1) is 16.3 Å². The number of sulfonamides is 1. The fraction of sp³-hybridized carbons (Fsp3) is 0.545. The van der Waals surface area contributed by atoms with Crippen molar-refractivity contribution in [2.75, 3.05) is 63.8 Å². The summed E-state index contributed by atoms with van der Waals surface area (Å²) in [6.45, 7) is 7.54. The van der Waals surface area contributed by atoms with Crippen LogP contribution in [0.3, 0.4) is 0 Å². The van der Waals surface area contributed by atoms with Crippen molar-refractivity contribution < 1.29 is 13.2 Å². The lowest BCUT2D eigenvalue weighted by molar-refractivity contribution is 0.0633. The number of carbonyl (C=O) groups is 1. The lowest BCUT2D eigenvalue weighted by Gasteiger charge is -2.36. The minimum Gasteiger partial charge on any atom is -0.368 e. The van der Waals surface area contributed by atoms with E-state index in [1.807, 2.05) is 24.3 Å². The standard InChI is InChI=1S/C22H31ClN6O3S/c1-3-8-26-9-11-28(12-10-26)22(30)18-17-25(2)24-21(18)33(31,32)29-15-13-27(14-16-29)20-7-5-4-6-19(20)23/h4-7,17H,3,8-16H2,1-2H3. The largest absolute Gasteiger partial charge is 0.368 e. The van der Waals surface area contributed by atoms with Crippen LogP contribution in [0.1, 0.15) is 23.7 Å². The van der Waals surface area contributed by atoms with E-state index < -0.39 is 10.0 Å². The topological polar surface area (TPSA) is 82.0 Å². The average molecular weight is 495 g/mol. The molecule has 0 N–H and O–H groups in total. The molecule has 1 amide bonds. The predicted molar refractivity (Wildman–Crippen MR) is 128 cm³/mol. The van der Waals surface area contributed by atoms with Gasteiger partial charge < -0.3 is 9.80 Å². The zero-order valence-corrected chi connectivity index (χ0v) is 20.7. The van der Waals surface area contributed by atoms with Gasteiger partial charge in [0, 0.05) is 65.6 Å². The Morgan fingerprint density at radius 3 is 2.33 bits per heavy atom. The second kappa shape index (κ2) is 10.0. The van der Waals surface area contributed by atoms with Crippen molar-refractivity contribution in [3.8, 4) is 0 Å². The molecule has 0 radical (unpaired) electrons. The molecule has 0 unspecified atom stereocenters.